The van der Waals surface area contributed by atoms with Gasteiger partial charge in [-0.05, 0) is 19.3 Å². The van der Waals surface area contributed by atoms with Gasteiger partial charge < -0.3 is 10.2 Å². The number of likely N-dealkylation sites (tertiary alicyclic amines) is 1. The molecule has 0 aromatic carbocycles. The number of alkyl halides is 3. The Bertz CT molecular complexity index is 567. The van der Waals surface area contributed by atoms with Crippen LogP contribution >= 0.6 is 0 Å². The molecule has 0 amide bonds. The third-order valence-electron chi connectivity index (χ3n) is 3.88. The van der Waals surface area contributed by atoms with Crippen molar-refractivity contribution in [2.24, 2.45) is 0 Å². The fourth-order valence-corrected chi connectivity index (χ4v) is 2.44. The number of carboxylic acid groups (broad SMARTS) is 1. The highest BCUT2D eigenvalue weighted by atomic mass is 19.4. The number of allylic oxidation sites excluding steroid dienone is 1. The molecule has 148 valence electrons. The van der Waals surface area contributed by atoms with Crippen molar-refractivity contribution in [1.82, 2.24) is 19.9 Å². The van der Waals surface area contributed by atoms with Crippen molar-refractivity contribution in [2.45, 2.75) is 51.4 Å². The Morgan fingerprint density at radius 1 is 1.35 bits per heavy atom. The van der Waals surface area contributed by atoms with Gasteiger partial charge in [0.1, 0.15) is 5.69 Å². The molecule has 0 radical (unpaired) electrons. The number of nitrogens with zero attached hydrogens (tertiary/aromatic N) is 4. The quantitative estimate of drug-likeness (QED) is 0.739. The molecular formula is C16H25F3N4O3. The van der Waals surface area contributed by atoms with E-state index in [1.807, 2.05) is 10.9 Å². The normalized spacial score (nSPS) is 16.5. The number of aliphatic hydroxyl groups is 1. The van der Waals surface area contributed by atoms with Gasteiger partial charge in [0.25, 0.3) is 0 Å². The molecule has 2 heterocycles. The summed E-state index contributed by atoms with van der Waals surface area (Å²) in [5, 5.41) is 24.2. The molecule has 0 bridgehead atoms. The molecule has 1 saturated heterocycles. The third-order valence-corrected chi connectivity index (χ3v) is 3.88. The van der Waals surface area contributed by atoms with Crippen LogP contribution in [-0.4, -0.2) is 61.9 Å². The summed E-state index contributed by atoms with van der Waals surface area (Å²) in [4.78, 5) is 11.4. The Hall–Kier alpha value is -1.94. The van der Waals surface area contributed by atoms with E-state index in [4.69, 9.17) is 15.0 Å². The summed E-state index contributed by atoms with van der Waals surface area (Å²) >= 11 is 0. The van der Waals surface area contributed by atoms with Gasteiger partial charge in [-0.25, -0.2) is 9.48 Å². The topological polar surface area (TPSA) is 91.5 Å². The number of halogens is 3. The molecule has 10 heteroatoms. The van der Waals surface area contributed by atoms with Crippen molar-refractivity contribution in [3.05, 3.63) is 24.0 Å². The molecule has 1 aliphatic heterocycles. The number of hydrogen-bond donors (Lipinski definition) is 2. The van der Waals surface area contributed by atoms with E-state index >= 15 is 0 Å². The van der Waals surface area contributed by atoms with Crippen LogP contribution in [0.3, 0.4) is 0 Å². The van der Waals surface area contributed by atoms with Crippen molar-refractivity contribution in [3.63, 3.8) is 0 Å². The van der Waals surface area contributed by atoms with Crippen LogP contribution in [0.5, 0.6) is 0 Å². The highest BCUT2D eigenvalue weighted by Crippen LogP contribution is 2.21. The predicted octanol–water partition coefficient (Wildman–Crippen LogP) is 2.40. The molecule has 0 atom stereocenters. The zero-order chi connectivity index (χ0) is 19.6. The highest BCUT2D eigenvalue weighted by molar-refractivity contribution is 5.73. The number of carboxylic acids is 1. The van der Waals surface area contributed by atoms with Crippen molar-refractivity contribution < 1.29 is 28.2 Å². The fourth-order valence-electron chi connectivity index (χ4n) is 2.44. The number of hydrogen-bond acceptors (Lipinski definition) is 5. The van der Waals surface area contributed by atoms with E-state index in [2.05, 4.69) is 34.3 Å². The van der Waals surface area contributed by atoms with E-state index in [1.54, 1.807) is 0 Å². The highest BCUT2D eigenvalue weighted by Gasteiger charge is 2.38. The number of piperidine rings is 1. The lowest BCUT2D eigenvalue weighted by atomic mass is 10.1. The van der Waals surface area contributed by atoms with Crippen LogP contribution in [0.2, 0.25) is 0 Å². The van der Waals surface area contributed by atoms with Crippen molar-refractivity contribution >= 4 is 5.97 Å². The molecule has 7 nitrogen and oxygen atoms in total. The number of aliphatic hydroxyl groups excluding tert-OH is 1. The molecule has 0 spiro atoms. The molecule has 2 rings (SSSR count). The molecule has 26 heavy (non-hydrogen) atoms. The molecular weight excluding hydrogens is 353 g/mol. The molecule has 1 aromatic heterocycles. The maximum absolute atomic E-state index is 10.6. The maximum atomic E-state index is 10.6. The molecule has 1 fully saturated rings. The minimum Gasteiger partial charge on any atom is -0.475 e. The Balaban J connectivity index is 0.000000412. The summed E-state index contributed by atoms with van der Waals surface area (Å²) in [6, 6.07) is 0.434. The number of rotatable bonds is 6. The molecule has 0 aliphatic carbocycles. The first-order chi connectivity index (χ1) is 12.3. The van der Waals surface area contributed by atoms with Gasteiger partial charge in [-0.2, -0.15) is 13.2 Å². The first-order valence-corrected chi connectivity index (χ1v) is 8.47. The van der Waals surface area contributed by atoms with Crippen LogP contribution < -0.4 is 0 Å². The van der Waals surface area contributed by atoms with E-state index < -0.39 is 12.1 Å². The smallest absolute Gasteiger partial charge is 0.475 e. The predicted molar refractivity (Wildman–Crippen MR) is 88.4 cm³/mol. The molecule has 2 N–H and O–H groups in total. The average molecular weight is 378 g/mol. The minimum atomic E-state index is -5.08. The van der Waals surface area contributed by atoms with Gasteiger partial charge in [-0.3, -0.25) is 4.90 Å². The summed E-state index contributed by atoms with van der Waals surface area (Å²) in [7, 11) is 0. The zero-order valence-electron chi connectivity index (χ0n) is 14.7. The number of aliphatic carboxylic acids is 1. The number of aromatic nitrogens is 3. The van der Waals surface area contributed by atoms with Crippen molar-refractivity contribution in [2.75, 3.05) is 19.6 Å². The lowest BCUT2D eigenvalue weighted by Gasteiger charge is -2.30. The second kappa shape index (κ2) is 10.9. The van der Waals surface area contributed by atoms with Crippen LogP contribution in [0.4, 0.5) is 13.2 Å². The van der Waals surface area contributed by atoms with Crippen LogP contribution in [-0.2, 0) is 11.4 Å². The van der Waals surface area contributed by atoms with Gasteiger partial charge in [0.2, 0.25) is 0 Å². The fraction of sp³-hybridized carbons (Fsp3) is 0.688. The average Bonchev–Trinajstić information content (AvgIpc) is 3.08. The maximum Gasteiger partial charge on any atom is 0.490 e. The molecule has 0 unspecified atom stereocenters. The van der Waals surface area contributed by atoms with Gasteiger partial charge in [0.15, 0.2) is 0 Å². The largest absolute Gasteiger partial charge is 0.490 e. The molecule has 0 saturated carbocycles. The Labute approximate surface area is 150 Å². The van der Waals surface area contributed by atoms with Crippen LogP contribution in [0.1, 0.15) is 44.3 Å². The first kappa shape index (κ1) is 22.1. The Kier molecular flexibility index (Phi) is 9.28. The summed E-state index contributed by atoms with van der Waals surface area (Å²) < 4.78 is 33.6. The van der Waals surface area contributed by atoms with Gasteiger partial charge >= 0.3 is 12.1 Å². The van der Waals surface area contributed by atoms with E-state index in [0.29, 0.717) is 11.7 Å². The van der Waals surface area contributed by atoms with E-state index in [0.717, 1.165) is 32.5 Å². The Morgan fingerprint density at radius 3 is 2.42 bits per heavy atom. The van der Waals surface area contributed by atoms with Gasteiger partial charge in [0, 0.05) is 19.6 Å². The van der Waals surface area contributed by atoms with Crippen molar-refractivity contribution in [3.8, 4) is 0 Å². The van der Waals surface area contributed by atoms with E-state index in [1.165, 1.54) is 12.8 Å². The summed E-state index contributed by atoms with van der Waals surface area (Å²) in [5.74, 6) is -2.76. The molecule has 1 aliphatic rings. The SMILES string of the molecule is CCCC=CCN1CCC(n2cc(CO)nn2)CC1.O=C(O)C(F)(F)F. The lowest BCUT2D eigenvalue weighted by Crippen LogP contribution is -2.34. The van der Waals surface area contributed by atoms with E-state index in [-0.39, 0.29) is 6.61 Å². The third kappa shape index (κ3) is 7.96. The monoisotopic (exact) mass is 378 g/mol. The van der Waals surface area contributed by atoms with Gasteiger partial charge in [0.05, 0.1) is 18.8 Å². The van der Waals surface area contributed by atoms with E-state index in [9.17, 15) is 13.2 Å². The summed E-state index contributed by atoms with van der Waals surface area (Å²) in [6.45, 7) is 5.45. The summed E-state index contributed by atoms with van der Waals surface area (Å²) in [5.41, 5.74) is 0.657. The summed E-state index contributed by atoms with van der Waals surface area (Å²) in [6.07, 6.45) is 5.95. The lowest BCUT2D eigenvalue weighted by molar-refractivity contribution is -0.192. The van der Waals surface area contributed by atoms with Crippen LogP contribution in [0.15, 0.2) is 18.3 Å². The van der Waals surface area contributed by atoms with Gasteiger partial charge in [-0.1, -0.05) is 30.7 Å². The minimum absolute atomic E-state index is 0.0267. The Morgan fingerprint density at radius 2 is 1.96 bits per heavy atom. The second-order valence-corrected chi connectivity index (χ2v) is 5.94. The zero-order valence-corrected chi connectivity index (χ0v) is 14.7. The first-order valence-electron chi connectivity index (χ1n) is 8.47. The number of carbonyl (C=O) groups is 1. The van der Waals surface area contributed by atoms with Crippen LogP contribution in [0.25, 0.3) is 0 Å². The second-order valence-electron chi connectivity index (χ2n) is 5.94. The molecule has 1 aromatic rings. The number of unbranched alkanes of at least 4 members (excludes halogenated alkanes) is 1. The van der Waals surface area contributed by atoms with Crippen LogP contribution in [0, 0.1) is 0 Å². The standard InChI is InChI=1S/C14H24N4O.C2HF3O2/c1-2-3-4-5-8-17-9-6-14(7-10-17)18-11-13(12-19)15-16-18;3-2(4,5)1(6)7/h4-5,11,14,19H,2-3,6-10,12H2,1H3;(H,6,7). The van der Waals surface area contributed by atoms with Gasteiger partial charge in [-0.15, -0.1) is 5.10 Å². The van der Waals surface area contributed by atoms with Crippen molar-refractivity contribution in [1.29, 1.82) is 0 Å².